The van der Waals surface area contributed by atoms with Gasteiger partial charge < -0.3 is 4.74 Å². The van der Waals surface area contributed by atoms with Gasteiger partial charge in [0, 0.05) is 31.6 Å². The summed E-state index contributed by atoms with van der Waals surface area (Å²) in [6, 6.07) is 0.622. The predicted octanol–water partition coefficient (Wildman–Crippen LogP) is 2.91. The van der Waals surface area contributed by atoms with Crippen molar-refractivity contribution in [1.29, 1.82) is 0 Å². The van der Waals surface area contributed by atoms with Gasteiger partial charge in [0.1, 0.15) is 0 Å². The molecule has 0 radical (unpaired) electrons. The number of rotatable bonds is 7. The molecule has 0 heterocycles. The monoisotopic (exact) mass is 277 g/mol. The Balaban J connectivity index is 2.42. The highest BCUT2D eigenvalue weighted by atomic mass is 79.9. The van der Waals surface area contributed by atoms with Crippen LogP contribution in [0.25, 0.3) is 0 Å². The molecule has 1 saturated carbocycles. The van der Waals surface area contributed by atoms with Crippen LogP contribution in [0.1, 0.15) is 33.1 Å². The Morgan fingerprint density at radius 3 is 2.40 bits per heavy atom. The lowest BCUT2D eigenvalue weighted by molar-refractivity contribution is 0.0535. The van der Waals surface area contributed by atoms with E-state index in [2.05, 4.69) is 34.7 Å². The lowest BCUT2D eigenvalue weighted by atomic mass is 9.70. The maximum atomic E-state index is 5.17. The Morgan fingerprint density at radius 1 is 1.40 bits per heavy atom. The molecule has 3 heteroatoms. The number of alkyl halides is 1. The maximum Gasteiger partial charge on any atom is 0.0589 e. The van der Waals surface area contributed by atoms with Crippen LogP contribution in [0.4, 0.5) is 0 Å². The molecule has 0 bridgehead atoms. The molecule has 0 amide bonds. The van der Waals surface area contributed by atoms with Crippen molar-refractivity contribution in [3.8, 4) is 0 Å². The van der Waals surface area contributed by atoms with Crippen LogP contribution >= 0.6 is 15.9 Å². The predicted molar refractivity (Wildman–Crippen MR) is 68.7 cm³/mol. The Morgan fingerprint density at radius 2 is 2.07 bits per heavy atom. The third-order valence-electron chi connectivity index (χ3n) is 3.55. The average Bonchev–Trinajstić information content (AvgIpc) is 2.15. The zero-order valence-electron chi connectivity index (χ0n) is 10.3. The van der Waals surface area contributed by atoms with Crippen LogP contribution < -0.4 is 0 Å². The highest BCUT2D eigenvalue weighted by Gasteiger charge is 2.37. The largest absolute Gasteiger partial charge is 0.383 e. The van der Waals surface area contributed by atoms with Gasteiger partial charge in [0.15, 0.2) is 0 Å². The van der Waals surface area contributed by atoms with Crippen LogP contribution in [-0.4, -0.2) is 43.1 Å². The summed E-state index contributed by atoms with van der Waals surface area (Å²) in [5.74, 6) is 0. The topological polar surface area (TPSA) is 12.5 Å². The van der Waals surface area contributed by atoms with E-state index in [-0.39, 0.29) is 0 Å². The molecule has 0 aromatic heterocycles. The van der Waals surface area contributed by atoms with Gasteiger partial charge in [-0.2, -0.15) is 0 Å². The first kappa shape index (κ1) is 13.5. The number of halogens is 1. The van der Waals surface area contributed by atoms with Crippen molar-refractivity contribution in [2.45, 2.75) is 39.2 Å². The molecule has 1 aliphatic rings. The number of methoxy groups -OCH3 is 1. The minimum Gasteiger partial charge on any atom is -0.383 e. The summed E-state index contributed by atoms with van der Waals surface area (Å²) in [6.45, 7) is 7.67. The van der Waals surface area contributed by atoms with E-state index >= 15 is 0 Å². The molecule has 0 atom stereocenters. The third kappa shape index (κ3) is 3.72. The Labute approximate surface area is 102 Å². The van der Waals surface area contributed by atoms with E-state index in [4.69, 9.17) is 4.74 Å². The summed E-state index contributed by atoms with van der Waals surface area (Å²) in [4.78, 5) is 2.55. The fraction of sp³-hybridized carbons (Fsp3) is 1.00. The second-order valence-corrected chi connectivity index (χ2v) is 5.60. The standard InChI is InChI=1S/C12H24BrNO/c1-11(2)14(7-8-15-3)10-12(9-13)5-4-6-12/h11H,4-10H2,1-3H3. The summed E-state index contributed by atoms with van der Waals surface area (Å²) in [7, 11) is 1.78. The van der Waals surface area contributed by atoms with Crippen molar-refractivity contribution in [3.05, 3.63) is 0 Å². The maximum absolute atomic E-state index is 5.17. The van der Waals surface area contributed by atoms with Crippen molar-refractivity contribution in [1.82, 2.24) is 4.90 Å². The normalized spacial score (nSPS) is 19.6. The lowest BCUT2D eigenvalue weighted by Gasteiger charge is -2.45. The van der Waals surface area contributed by atoms with Crippen molar-refractivity contribution in [3.63, 3.8) is 0 Å². The summed E-state index contributed by atoms with van der Waals surface area (Å²) >= 11 is 3.67. The molecule has 90 valence electrons. The van der Waals surface area contributed by atoms with Gasteiger partial charge in [-0.3, -0.25) is 4.90 Å². The van der Waals surface area contributed by atoms with Crippen LogP contribution in [0.3, 0.4) is 0 Å². The average molecular weight is 278 g/mol. The zero-order chi connectivity index (χ0) is 11.3. The lowest BCUT2D eigenvalue weighted by Crippen LogP contribution is -2.47. The van der Waals surface area contributed by atoms with Gasteiger partial charge in [0.25, 0.3) is 0 Å². The Bertz CT molecular complexity index is 175. The van der Waals surface area contributed by atoms with Gasteiger partial charge in [0.05, 0.1) is 6.61 Å². The smallest absolute Gasteiger partial charge is 0.0589 e. The fourth-order valence-electron chi connectivity index (χ4n) is 2.17. The van der Waals surface area contributed by atoms with E-state index in [1.165, 1.54) is 25.8 Å². The molecule has 0 aliphatic heterocycles. The molecule has 0 saturated heterocycles. The molecular formula is C12H24BrNO. The minimum absolute atomic E-state index is 0.554. The molecule has 0 spiro atoms. The van der Waals surface area contributed by atoms with E-state index in [9.17, 15) is 0 Å². The van der Waals surface area contributed by atoms with Gasteiger partial charge in [-0.1, -0.05) is 22.4 Å². The fourth-order valence-corrected chi connectivity index (χ4v) is 2.91. The summed E-state index contributed by atoms with van der Waals surface area (Å²) in [5.41, 5.74) is 0.554. The van der Waals surface area contributed by atoms with Crippen molar-refractivity contribution >= 4 is 15.9 Å². The quantitative estimate of drug-likeness (QED) is 0.664. The van der Waals surface area contributed by atoms with Gasteiger partial charge >= 0.3 is 0 Å². The first-order valence-corrected chi connectivity index (χ1v) is 7.05. The van der Waals surface area contributed by atoms with E-state index in [1.807, 2.05) is 0 Å². The van der Waals surface area contributed by atoms with Gasteiger partial charge in [-0.15, -0.1) is 0 Å². The number of hydrogen-bond acceptors (Lipinski definition) is 2. The van der Waals surface area contributed by atoms with Crippen LogP contribution in [0.2, 0.25) is 0 Å². The second-order valence-electron chi connectivity index (χ2n) is 5.04. The number of hydrogen-bond donors (Lipinski definition) is 0. The van der Waals surface area contributed by atoms with Gasteiger partial charge in [-0.05, 0) is 32.1 Å². The Hall–Kier alpha value is 0.400. The number of nitrogens with zero attached hydrogens (tertiary/aromatic N) is 1. The van der Waals surface area contributed by atoms with E-state index in [0.29, 0.717) is 11.5 Å². The first-order valence-electron chi connectivity index (χ1n) is 5.92. The molecule has 1 rings (SSSR count). The van der Waals surface area contributed by atoms with Crippen molar-refractivity contribution in [2.24, 2.45) is 5.41 Å². The highest BCUT2D eigenvalue weighted by molar-refractivity contribution is 9.09. The van der Waals surface area contributed by atoms with Crippen molar-refractivity contribution < 1.29 is 4.74 Å². The summed E-state index contributed by atoms with van der Waals surface area (Å²) < 4.78 is 5.17. The van der Waals surface area contributed by atoms with Crippen LogP contribution in [0.15, 0.2) is 0 Å². The molecule has 0 unspecified atom stereocenters. The van der Waals surface area contributed by atoms with Crippen molar-refractivity contribution in [2.75, 3.05) is 32.1 Å². The van der Waals surface area contributed by atoms with E-state index in [1.54, 1.807) is 7.11 Å². The van der Waals surface area contributed by atoms with Crippen LogP contribution in [0, 0.1) is 5.41 Å². The molecular weight excluding hydrogens is 254 g/mol. The van der Waals surface area contributed by atoms with Crippen LogP contribution in [0.5, 0.6) is 0 Å². The third-order valence-corrected chi connectivity index (χ3v) is 4.74. The molecule has 2 nitrogen and oxygen atoms in total. The molecule has 1 aliphatic carbocycles. The second kappa shape index (κ2) is 6.21. The highest BCUT2D eigenvalue weighted by Crippen LogP contribution is 2.43. The SMILES string of the molecule is COCCN(CC1(CBr)CCC1)C(C)C. The molecule has 0 aromatic carbocycles. The molecule has 0 aromatic rings. The summed E-state index contributed by atoms with van der Waals surface area (Å²) in [5, 5.41) is 1.15. The Kier molecular flexibility index (Phi) is 5.58. The number of ether oxygens (including phenoxy) is 1. The van der Waals surface area contributed by atoms with Gasteiger partial charge in [-0.25, -0.2) is 0 Å². The van der Waals surface area contributed by atoms with Gasteiger partial charge in [0.2, 0.25) is 0 Å². The first-order chi connectivity index (χ1) is 7.13. The van der Waals surface area contributed by atoms with Crippen LogP contribution in [-0.2, 0) is 4.74 Å². The summed E-state index contributed by atoms with van der Waals surface area (Å²) in [6.07, 6.45) is 4.17. The van der Waals surface area contributed by atoms with E-state index < -0.39 is 0 Å². The minimum atomic E-state index is 0.554. The molecule has 0 N–H and O–H groups in total. The molecule has 15 heavy (non-hydrogen) atoms. The molecule has 1 fully saturated rings. The van der Waals surface area contributed by atoms with E-state index in [0.717, 1.165) is 18.5 Å². The zero-order valence-corrected chi connectivity index (χ0v) is 11.8.